The Morgan fingerprint density at radius 2 is 1.00 bits per heavy atom. The monoisotopic (exact) mass is 394 g/mol. The van der Waals surface area contributed by atoms with Crippen molar-refractivity contribution in [3.8, 4) is 0 Å². The van der Waals surface area contributed by atoms with Gasteiger partial charge in [-0.25, -0.2) is 4.63 Å². The number of nitrogens with zero attached hydrogens (tertiary/aromatic N) is 2. The van der Waals surface area contributed by atoms with E-state index in [1.165, 1.54) is 48.5 Å². The Balaban J connectivity index is 1.82. The van der Waals surface area contributed by atoms with E-state index in [1.54, 1.807) is 0 Å². The molecule has 2 N–H and O–H groups in total. The molecule has 0 saturated carbocycles. The lowest BCUT2D eigenvalue weighted by molar-refractivity contribution is -0.256. The molecule has 3 aromatic rings. The number of rotatable bonds is 6. The first kappa shape index (κ1) is 19.2. The molecular formula is C18H10N4O7-2. The van der Waals surface area contributed by atoms with Gasteiger partial charge >= 0.3 is 0 Å². The zero-order valence-corrected chi connectivity index (χ0v) is 14.4. The summed E-state index contributed by atoms with van der Waals surface area (Å²) in [5.74, 6) is -5.48. The van der Waals surface area contributed by atoms with Crippen molar-refractivity contribution in [1.29, 1.82) is 0 Å². The lowest BCUT2D eigenvalue weighted by atomic mass is 10.1. The van der Waals surface area contributed by atoms with Crippen molar-refractivity contribution in [2.24, 2.45) is 0 Å². The van der Waals surface area contributed by atoms with Gasteiger partial charge in [-0.2, -0.15) is 0 Å². The van der Waals surface area contributed by atoms with Crippen LogP contribution in [-0.2, 0) is 0 Å². The molecular weight excluding hydrogens is 384 g/mol. The molecule has 0 fully saturated rings. The number of carboxylic acids is 2. The van der Waals surface area contributed by atoms with E-state index in [-0.39, 0.29) is 33.9 Å². The second-order valence-electron chi connectivity index (χ2n) is 5.54. The fourth-order valence-electron chi connectivity index (χ4n) is 2.42. The normalized spacial score (nSPS) is 10.2. The van der Waals surface area contributed by atoms with Crippen LogP contribution in [0.25, 0.3) is 0 Å². The molecule has 11 heteroatoms. The van der Waals surface area contributed by atoms with E-state index >= 15 is 0 Å². The molecule has 0 atom stereocenters. The number of aromatic nitrogens is 2. The third-order valence-electron chi connectivity index (χ3n) is 3.74. The van der Waals surface area contributed by atoms with Gasteiger partial charge in [0.05, 0.1) is 11.9 Å². The summed E-state index contributed by atoms with van der Waals surface area (Å²) in [6, 6.07) is 10.6. The molecule has 29 heavy (non-hydrogen) atoms. The fourth-order valence-corrected chi connectivity index (χ4v) is 2.42. The summed E-state index contributed by atoms with van der Waals surface area (Å²) in [4.78, 5) is 47.0. The maximum absolute atomic E-state index is 12.4. The van der Waals surface area contributed by atoms with Gasteiger partial charge in [-0.15, -0.1) is 0 Å². The summed E-state index contributed by atoms with van der Waals surface area (Å²) in [7, 11) is 0. The molecule has 0 aliphatic carbocycles. The number of amides is 2. The number of carboxylic acid groups (broad SMARTS) is 2. The van der Waals surface area contributed by atoms with Crippen LogP contribution in [0.4, 0.5) is 11.6 Å². The van der Waals surface area contributed by atoms with E-state index in [1.807, 2.05) is 0 Å². The molecule has 1 heterocycles. The third-order valence-corrected chi connectivity index (χ3v) is 3.74. The Labute approximate surface area is 161 Å². The van der Waals surface area contributed by atoms with Crippen LogP contribution in [0.5, 0.6) is 0 Å². The third kappa shape index (κ3) is 4.08. The zero-order chi connectivity index (χ0) is 21.0. The van der Waals surface area contributed by atoms with Crippen LogP contribution in [0, 0.1) is 0 Å². The van der Waals surface area contributed by atoms with Crippen LogP contribution < -0.4 is 20.8 Å². The van der Waals surface area contributed by atoms with Gasteiger partial charge in [0.2, 0.25) is 11.6 Å². The first-order valence-electron chi connectivity index (χ1n) is 7.94. The Morgan fingerprint density at radius 1 is 0.655 bits per heavy atom. The molecule has 11 nitrogen and oxygen atoms in total. The molecule has 2 amide bonds. The molecule has 0 radical (unpaired) electrons. The highest BCUT2D eigenvalue weighted by atomic mass is 16.6. The Morgan fingerprint density at radius 3 is 1.34 bits per heavy atom. The quantitative estimate of drug-likeness (QED) is 0.547. The van der Waals surface area contributed by atoms with Gasteiger partial charge in [0, 0.05) is 22.3 Å². The maximum Gasteiger partial charge on any atom is 0.257 e. The summed E-state index contributed by atoms with van der Waals surface area (Å²) < 4.78 is 4.49. The topological polar surface area (TPSA) is 177 Å². The van der Waals surface area contributed by atoms with E-state index in [0.29, 0.717) is 0 Å². The highest BCUT2D eigenvalue weighted by molar-refractivity contribution is 6.13. The molecule has 0 aliphatic rings. The molecule has 3 rings (SSSR count). The van der Waals surface area contributed by atoms with Crippen molar-refractivity contribution in [3.05, 3.63) is 70.8 Å². The van der Waals surface area contributed by atoms with E-state index in [4.69, 9.17) is 0 Å². The summed E-state index contributed by atoms with van der Waals surface area (Å²) >= 11 is 0. The first-order chi connectivity index (χ1) is 13.9. The standard InChI is InChI=1S/C18H12N4O7/c23-15(9-5-1-3-7-11(9)17(25)26)19-13-14(22-29-21-13)20-16(24)10-6-2-4-8-12(10)18(27)28/h1-8H,(H,25,26)(H,27,28)(H,19,21,23)(H,20,22,24)/p-2. The maximum atomic E-state index is 12.4. The predicted octanol–water partition coefficient (Wildman–Crippen LogP) is -0.699. The van der Waals surface area contributed by atoms with Crippen LogP contribution in [0.2, 0.25) is 0 Å². The van der Waals surface area contributed by atoms with Crippen LogP contribution >= 0.6 is 0 Å². The van der Waals surface area contributed by atoms with Crippen molar-refractivity contribution in [2.45, 2.75) is 0 Å². The SMILES string of the molecule is O=C([O-])c1ccccc1C(=O)Nc1nonc1NC(=O)c1ccccc1C(=O)[O-]. The average Bonchev–Trinajstić information content (AvgIpc) is 3.14. The Kier molecular flexibility index (Phi) is 5.30. The van der Waals surface area contributed by atoms with Crippen molar-refractivity contribution in [1.82, 2.24) is 10.3 Å². The summed E-state index contributed by atoms with van der Waals surface area (Å²) in [6.45, 7) is 0. The van der Waals surface area contributed by atoms with Gasteiger partial charge in [-0.3, -0.25) is 9.59 Å². The van der Waals surface area contributed by atoms with Crippen LogP contribution in [0.15, 0.2) is 53.2 Å². The average molecular weight is 394 g/mol. The van der Waals surface area contributed by atoms with E-state index in [9.17, 15) is 29.4 Å². The minimum absolute atomic E-state index is 0.213. The van der Waals surface area contributed by atoms with Crippen molar-refractivity contribution in [2.75, 3.05) is 10.6 Å². The molecule has 0 aliphatic heterocycles. The molecule has 1 aromatic heterocycles. The second-order valence-corrected chi connectivity index (χ2v) is 5.54. The number of carbonyl (C=O) groups excluding carboxylic acids is 4. The van der Waals surface area contributed by atoms with Crippen molar-refractivity contribution < 1.29 is 34.0 Å². The van der Waals surface area contributed by atoms with Gasteiger partial charge in [-0.1, -0.05) is 36.4 Å². The number of hydrogen-bond donors (Lipinski definition) is 2. The number of benzene rings is 2. The molecule has 0 spiro atoms. The molecule has 0 saturated heterocycles. The predicted molar refractivity (Wildman–Crippen MR) is 91.7 cm³/mol. The van der Waals surface area contributed by atoms with E-state index < -0.39 is 23.8 Å². The smallest absolute Gasteiger partial charge is 0.257 e. The van der Waals surface area contributed by atoms with E-state index in [2.05, 4.69) is 25.6 Å². The molecule has 0 bridgehead atoms. The van der Waals surface area contributed by atoms with Gasteiger partial charge in [0.25, 0.3) is 11.8 Å². The van der Waals surface area contributed by atoms with Gasteiger partial charge in [0.1, 0.15) is 0 Å². The lowest BCUT2D eigenvalue weighted by Gasteiger charge is -2.11. The minimum Gasteiger partial charge on any atom is -0.545 e. The number of aromatic carboxylic acids is 2. The number of anilines is 2. The zero-order valence-electron chi connectivity index (χ0n) is 14.4. The Bertz CT molecular complexity index is 1040. The number of carbonyl (C=O) groups is 4. The van der Waals surface area contributed by atoms with Crippen molar-refractivity contribution in [3.63, 3.8) is 0 Å². The Hall–Kier alpha value is -4.54. The lowest BCUT2D eigenvalue weighted by Crippen LogP contribution is -2.27. The highest BCUT2D eigenvalue weighted by Crippen LogP contribution is 2.20. The van der Waals surface area contributed by atoms with Crippen LogP contribution in [0.1, 0.15) is 41.4 Å². The fraction of sp³-hybridized carbons (Fsp3) is 0. The number of hydrogen-bond acceptors (Lipinski definition) is 9. The molecule has 2 aromatic carbocycles. The summed E-state index contributed by atoms with van der Waals surface area (Å²) in [5.41, 5.74) is -1.13. The number of nitrogens with one attached hydrogen (secondary N) is 2. The minimum atomic E-state index is -1.55. The largest absolute Gasteiger partial charge is 0.545 e. The summed E-state index contributed by atoms with van der Waals surface area (Å²) in [6.07, 6.45) is 0. The highest BCUT2D eigenvalue weighted by Gasteiger charge is 2.20. The van der Waals surface area contributed by atoms with Gasteiger partial charge in [0.15, 0.2) is 0 Å². The van der Waals surface area contributed by atoms with Gasteiger partial charge < -0.3 is 30.4 Å². The second kappa shape index (κ2) is 8.00. The summed E-state index contributed by atoms with van der Waals surface area (Å²) in [5, 5.41) is 33.7. The van der Waals surface area contributed by atoms with Gasteiger partial charge in [-0.05, 0) is 22.4 Å². The molecule has 146 valence electrons. The van der Waals surface area contributed by atoms with Crippen LogP contribution in [-0.4, -0.2) is 34.1 Å². The van der Waals surface area contributed by atoms with E-state index in [0.717, 1.165) is 0 Å². The molecule has 0 unspecified atom stereocenters. The first-order valence-corrected chi connectivity index (χ1v) is 7.94. The van der Waals surface area contributed by atoms with Crippen molar-refractivity contribution >= 4 is 35.4 Å². The van der Waals surface area contributed by atoms with Crippen LogP contribution in [0.3, 0.4) is 0 Å².